The Morgan fingerprint density at radius 3 is 2.57 bits per heavy atom. The quantitative estimate of drug-likeness (QED) is 0.415. The van der Waals surface area contributed by atoms with Gasteiger partial charge in [-0.2, -0.15) is 5.10 Å². The molecule has 1 aromatic carbocycles. The molecule has 1 saturated heterocycles. The van der Waals surface area contributed by atoms with E-state index in [1.54, 1.807) is 36.4 Å². The summed E-state index contributed by atoms with van der Waals surface area (Å²) in [5.41, 5.74) is 1.33. The maximum absolute atomic E-state index is 13.3. The maximum atomic E-state index is 13.3. The Kier molecular flexibility index (Phi) is 6.67. The van der Waals surface area contributed by atoms with Crippen molar-refractivity contribution in [2.75, 3.05) is 31.6 Å². The molecule has 0 atom stereocenters. The van der Waals surface area contributed by atoms with Crippen LogP contribution in [-0.4, -0.2) is 71.7 Å². The molecule has 184 valence electrons. The minimum absolute atomic E-state index is 0.115. The average molecular weight is 516 g/mol. The minimum atomic E-state index is -3.31. The molecule has 2 aromatic heterocycles. The summed E-state index contributed by atoms with van der Waals surface area (Å²) in [6, 6.07) is 9.75. The van der Waals surface area contributed by atoms with Crippen LogP contribution < -0.4 is 10.1 Å². The number of rotatable bonds is 9. The number of aliphatic hydroxyl groups excluding tert-OH is 1. The van der Waals surface area contributed by atoms with E-state index in [2.05, 4.69) is 20.4 Å². The monoisotopic (exact) mass is 515 g/mol. The van der Waals surface area contributed by atoms with Crippen molar-refractivity contribution in [1.29, 1.82) is 0 Å². The summed E-state index contributed by atoms with van der Waals surface area (Å²) in [7, 11) is -3.31. The second-order valence-electron chi connectivity index (χ2n) is 8.40. The van der Waals surface area contributed by atoms with Gasteiger partial charge in [-0.05, 0) is 43.9 Å². The average Bonchev–Trinajstić information content (AvgIpc) is 3.46. The van der Waals surface area contributed by atoms with Gasteiger partial charge in [-0.3, -0.25) is 15.1 Å². The summed E-state index contributed by atoms with van der Waals surface area (Å²) >= 11 is 1.20. The van der Waals surface area contributed by atoms with Crippen molar-refractivity contribution in [3.8, 4) is 5.88 Å². The molecule has 3 heterocycles. The van der Waals surface area contributed by atoms with Crippen LogP contribution in [0.3, 0.4) is 0 Å². The number of hydrazone groups is 1. The molecule has 0 bridgehead atoms. The number of ether oxygens (including phenoxy) is 1. The van der Waals surface area contributed by atoms with Gasteiger partial charge in [-0.15, -0.1) is 0 Å². The van der Waals surface area contributed by atoms with Gasteiger partial charge in [0.15, 0.2) is 20.7 Å². The molecule has 0 unspecified atom stereocenters. The Balaban J connectivity index is 1.39. The lowest BCUT2D eigenvalue weighted by Gasteiger charge is -2.14. The van der Waals surface area contributed by atoms with Gasteiger partial charge < -0.3 is 9.84 Å². The number of pyridine rings is 1. The lowest BCUT2D eigenvalue weighted by molar-refractivity contribution is -0.110. The van der Waals surface area contributed by atoms with E-state index in [1.807, 2.05) is 5.01 Å². The molecule has 5 rings (SSSR count). The molecule has 1 aliphatic heterocycles. The van der Waals surface area contributed by atoms with Crippen LogP contribution in [0.5, 0.6) is 5.88 Å². The molecule has 1 saturated carbocycles. The molecule has 0 spiro atoms. The normalized spacial score (nSPS) is 16.6. The van der Waals surface area contributed by atoms with Gasteiger partial charge >= 0.3 is 0 Å². The highest BCUT2D eigenvalue weighted by atomic mass is 32.2. The summed E-state index contributed by atoms with van der Waals surface area (Å²) in [5.74, 6) is -0.0730. The predicted octanol–water partition coefficient (Wildman–Crippen LogP) is 2.44. The Morgan fingerprint density at radius 1 is 1.14 bits per heavy atom. The third-order valence-electron chi connectivity index (χ3n) is 5.75. The molecule has 2 aliphatic rings. The molecule has 2 fully saturated rings. The number of carbonyl (C=O) groups excluding carboxylic acids is 1. The van der Waals surface area contributed by atoms with E-state index in [9.17, 15) is 13.2 Å². The third-order valence-corrected chi connectivity index (χ3v) is 8.91. The fourth-order valence-electron chi connectivity index (χ4n) is 3.79. The van der Waals surface area contributed by atoms with Crippen molar-refractivity contribution in [3.05, 3.63) is 42.0 Å². The number of hydrogen-bond donors (Lipinski definition) is 2. The Labute approximate surface area is 206 Å². The van der Waals surface area contributed by atoms with E-state index in [1.165, 1.54) is 11.3 Å². The van der Waals surface area contributed by atoms with Crippen molar-refractivity contribution in [2.45, 2.75) is 35.8 Å². The van der Waals surface area contributed by atoms with Gasteiger partial charge in [-0.25, -0.2) is 18.4 Å². The van der Waals surface area contributed by atoms with Crippen LogP contribution in [0.4, 0.5) is 5.13 Å². The Morgan fingerprint density at radius 2 is 1.89 bits per heavy atom. The van der Waals surface area contributed by atoms with Gasteiger partial charge in [0.05, 0.1) is 16.8 Å². The number of aromatic nitrogens is 2. The van der Waals surface area contributed by atoms with Crippen LogP contribution in [0, 0.1) is 0 Å². The van der Waals surface area contributed by atoms with E-state index >= 15 is 0 Å². The van der Waals surface area contributed by atoms with Crippen molar-refractivity contribution in [1.82, 2.24) is 15.0 Å². The number of aliphatic hydroxyl groups is 1. The number of amides is 1. The number of anilines is 1. The number of nitrogens with zero attached hydrogens (tertiary/aromatic N) is 4. The van der Waals surface area contributed by atoms with Crippen molar-refractivity contribution >= 4 is 48.3 Å². The number of carbonyl (C=O) groups is 1. The van der Waals surface area contributed by atoms with Gasteiger partial charge in [0.25, 0.3) is 5.91 Å². The Hall–Kier alpha value is -3.09. The molecule has 2 N–H and O–H groups in total. The van der Waals surface area contributed by atoms with Gasteiger partial charge in [-0.1, -0.05) is 23.5 Å². The van der Waals surface area contributed by atoms with Crippen molar-refractivity contribution in [3.63, 3.8) is 0 Å². The van der Waals surface area contributed by atoms with Crippen LogP contribution in [-0.2, 0) is 14.6 Å². The smallest absolute Gasteiger partial charge is 0.278 e. The van der Waals surface area contributed by atoms with Crippen LogP contribution in [0.1, 0.15) is 31.2 Å². The van der Waals surface area contributed by atoms with E-state index in [0.29, 0.717) is 39.8 Å². The molecule has 1 aliphatic carbocycles. The standard InChI is InChI=1S/C23H25N5O5S2/c29-13-14-33-19-10-9-18-22(25-19)34-23(24-18)26-21(30)20(27-28-11-1-2-12-28)15-3-5-16(6-4-15)35(31,32)17-7-8-17/h3-6,9-10,17,29H,1-2,7-8,11-14H2,(H,24,26,30). The fourth-order valence-corrected chi connectivity index (χ4v) is 6.27. The Bertz CT molecular complexity index is 1360. The van der Waals surface area contributed by atoms with E-state index in [4.69, 9.17) is 9.84 Å². The second kappa shape index (κ2) is 9.88. The largest absolute Gasteiger partial charge is 0.475 e. The maximum Gasteiger partial charge on any atom is 0.278 e. The first kappa shape index (κ1) is 23.6. The second-order valence-corrected chi connectivity index (χ2v) is 11.6. The van der Waals surface area contributed by atoms with Gasteiger partial charge in [0.2, 0.25) is 5.88 Å². The molecular formula is C23H25N5O5S2. The van der Waals surface area contributed by atoms with Crippen LogP contribution in [0.25, 0.3) is 10.3 Å². The molecule has 0 radical (unpaired) electrons. The summed E-state index contributed by atoms with van der Waals surface area (Å²) in [6.45, 7) is 1.54. The van der Waals surface area contributed by atoms with Gasteiger partial charge in [0.1, 0.15) is 17.0 Å². The molecule has 3 aromatic rings. The SMILES string of the molecule is O=C(Nc1nc2ccc(OCCO)nc2s1)C(=NN1CCCC1)c1ccc(S(=O)(=O)C2CC2)cc1. The predicted molar refractivity (Wildman–Crippen MR) is 133 cm³/mol. The highest BCUT2D eigenvalue weighted by molar-refractivity contribution is 7.92. The van der Waals surface area contributed by atoms with E-state index in [0.717, 1.165) is 25.9 Å². The third kappa shape index (κ3) is 5.29. The van der Waals surface area contributed by atoms with Crippen LogP contribution in [0.15, 0.2) is 46.4 Å². The van der Waals surface area contributed by atoms with Crippen LogP contribution in [0.2, 0.25) is 0 Å². The molecule has 10 nitrogen and oxygen atoms in total. The topological polar surface area (TPSA) is 134 Å². The number of benzene rings is 1. The first-order chi connectivity index (χ1) is 16.9. The number of fused-ring (bicyclic) bond motifs is 1. The van der Waals surface area contributed by atoms with Crippen molar-refractivity contribution in [2.24, 2.45) is 5.10 Å². The lowest BCUT2D eigenvalue weighted by atomic mass is 10.1. The minimum Gasteiger partial charge on any atom is -0.475 e. The van der Waals surface area contributed by atoms with E-state index < -0.39 is 15.7 Å². The summed E-state index contributed by atoms with van der Waals surface area (Å²) in [4.78, 5) is 22.9. The highest BCUT2D eigenvalue weighted by Gasteiger charge is 2.36. The number of nitrogens with one attached hydrogen (secondary N) is 1. The zero-order valence-electron chi connectivity index (χ0n) is 18.9. The number of hydrogen-bond acceptors (Lipinski definition) is 10. The van der Waals surface area contributed by atoms with E-state index in [-0.39, 0.29) is 29.1 Å². The number of thiazole rings is 1. The summed E-state index contributed by atoms with van der Waals surface area (Å²) in [5, 5.41) is 18.2. The first-order valence-electron chi connectivity index (χ1n) is 11.4. The highest BCUT2D eigenvalue weighted by Crippen LogP contribution is 2.33. The van der Waals surface area contributed by atoms with Crippen molar-refractivity contribution < 1.29 is 23.1 Å². The number of sulfone groups is 1. The zero-order chi connectivity index (χ0) is 24.4. The summed E-state index contributed by atoms with van der Waals surface area (Å²) < 4.78 is 30.4. The zero-order valence-corrected chi connectivity index (χ0v) is 20.5. The summed E-state index contributed by atoms with van der Waals surface area (Å²) in [6.07, 6.45) is 3.39. The first-order valence-corrected chi connectivity index (χ1v) is 13.8. The fraction of sp³-hybridized carbons (Fsp3) is 0.391. The van der Waals surface area contributed by atoms with Crippen LogP contribution >= 0.6 is 11.3 Å². The molecule has 35 heavy (non-hydrogen) atoms. The molecule has 1 amide bonds. The lowest BCUT2D eigenvalue weighted by Crippen LogP contribution is -2.27. The molecular weight excluding hydrogens is 490 g/mol. The molecule has 12 heteroatoms. The van der Waals surface area contributed by atoms with Gasteiger partial charge in [0, 0.05) is 24.7 Å².